The first-order valence-corrected chi connectivity index (χ1v) is 8.87. The summed E-state index contributed by atoms with van der Waals surface area (Å²) < 4.78 is 5.26. The Morgan fingerprint density at radius 1 is 1.04 bits per heavy atom. The van der Waals surface area contributed by atoms with E-state index >= 15 is 0 Å². The minimum absolute atomic E-state index is 0.191. The Morgan fingerprint density at radius 2 is 1.62 bits per heavy atom. The zero-order valence-corrected chi connectivity index (χ0v) is 16.6. The summed E-state index contributed by atoms with van der Waals surface area (Å²) >= 11 is 0. The van der Waals surface area contributed by atoms with E-state index in [0.29, 0.717) is 6.42 Å². The molecule has 0 aliphatic carbocycles. The summed E-state index contributed by atoms with van der Waals surface area (Å²) in [5, 5.41) is 15.1. The lowest BCUT2D eigenvalue weighted by Gasteiger charge is -2.32. The minimum atomic E-state index is -0.790. The van der Waals surface area contributed by atoms with Gasteiger partial charge in [-0.15, -0.1) is 0 Å². The fourth-order valence-electron chi connectivity index (χ4n) is 2.45. The number of hydrogen-bond acceptors (Lipinski definition) is 4. The van der Waals surface area contributed by atoms with Gasteiger partial charge in [-0.3, -0.25) is 4.79 Å². The summed E-state index contributed by atoms with van der Waals surface area (Å²) in [5.74, 6) is -0.349. The third-order valence-electron chi connectivity index (χ3n) is 3.68. The molecular formula is C20H32N2O4. The molecule has 0 unspecified atom stereocenters. The van der Waals surface area contributed by atoms with Crippen LogP contribution in [0.15, 0.2) is 30.3 Å². The number of alkyl carbamates (subject to hydrolysis) is 1. The molecule has 0 bridgehead atoms. The number of amides is 2. The fraction of sp³-hybridized carbons (Fsp3) is 0.600. The van der Waals surface area contributed by atoms with E-state index in [4.69, 9.17) is 4.74 Å². The summed E-state index contributed by atoms with van der Waals surface area (Å²) in [6, 6.07) is 8.39. The normalized spacial score (nSPS) is 14.3. The van der Waals surface area contributed by atoms with Gasteiger partial charge in [-0.1, -0.05) is 51.1 Å². The molecule has 0 aliphatic rings. The number of aliphatic hydroxyl groups is 1. The second-order valence-electron chi connectivity index (χ2n) is 8.52. The van der Waals surface area contributed by atoms with Gasteiger partial charge in [0.15, 0.2) is 0 Å². The third kappa shape index (κ3) is 7.87. The molecule has 0 radical (unpaired) electrons. The molecule has 1 rings (SSSR count). The van der Waals surface area contributed by atoms with Crippen molar-refractivity contribution in [1.82, 2.24) is 10.6 Å². The van der Waals surface area contributed by atoms with Gasteiger partial charge in [-0.05, 0) is 38.2 Å². The van der Waals surface area contributed by atoms with Crippen LogP contribution in [0.2, 0.25) is 0 Å². The highest BCUT2D eigenvalue weighted by molar-refractivity contribution is 5.86. The molecule has 0 saturated carbocycles. The van der Waals surface area contributed by atoms with Gasteiger partial charge in [-0.25, -0.2) is 4.79 Å². The molecule has 6 heteroatoms. The van der Waals surface area contributed by atoms with Gasteiger partial charge in [-0.2, -0.15) is 0 Å². The van der Waals surface area contributed by atoms with Crippen molar-refractivity contribution < 1.29 is 19.4 Å². The van der Waals surface area contributed by atoms with Gasteiger partial charge >= 0.3 is 6.09 Å². The predicted octanol–water partition coefficient (Wildman–Crippen LogP) is 2.65. The molecule has 3 N–H and O–H groups in total. The zero-order valence-electron chi connectivity index (χ0n) is 16.6. The first-order valence-electron chi connectivity index (χ1n) is 8.87. The lowest BCUT2D eigenvalue weighted by Crippen LogP contribution is -2.56. The molecule has 1 aromatic rings. The third-order valence-corrected chi connectivity index (χ3v) is 3.68. The van der Waals surface area contributed by atoms with Gasteiger partial charge in [0, 0.05) is 0 Å². The lowest BCUT2D eigenvalue weighted by molar-refractivity contribution is -0.126. The van der Waals surface area contributed by atoms with Crippen LogP contribution in [0.3, 0.4) is 0 Å². The number of carbonyl (C=O) groups is 2. The van der Waals surface area contributed by atoms with Crippen molar-refractivity contribution >= 4 is 12.0 Å². The predicted molar refractivity (Wildman–Crippen MR) is 102 cm³/mol. The number of ether oxygens (including phenoxy) is 1. The average Bonchev–Trinajstić information content (AvgIpc) is 2.50. The number of rotatable bonds is 6. The summed E-state index contributed by atoms with van der Waals surface area (Å²) in [5.41, 5.74) is -0.156. The summed E-state index contributed by atoms with van der Waals surface area (Å²) in [7, 11) is 0. The van der Waals surface area contributed by atoms with Crippen LogP contribution in [0.5, 0.6) is 0 Å². The maximum absolute atomic E-state index is 12.8. The van der Waals surface area contributed by atoms with E-state index in [1.54, 1.807) is 20.8 Å². The van der Waals surface area contributed by atoms with Gasteiger partial charge in [0.1, 0.15) is 11.6 Å². The highest BCUT2D eigenvalue weighted by Gasteiger charge is 2.35. The maximum atomic E-state index is 12.8. The second-order valence-corrected chi connectivity index (χ2v) is 8.52. The Hall–Kier alpha value is -2.08. The Balaban J connectivity index is 2.80. The molecule has 0 fully saturated rings. The Morgan fingerprint density at radius 3 is 2.08 bits per heavy atom. The summed E-state index contributed by atoms with van der Waals surface area (Å²) in [4.78, 5) is 24.9. The molecule has 0 heterocycles. The molecule has 2 amide bonds. The van der Waals surface area contributed by atoms with Crippen LogP contribution in [-0.2, 0) is 16.0 Å². The van der Waals surface area contributed by atoms with E-state index in [-0.39, 0.29) is 12.5 Å². The topological polar surface area (TPSA) is 87.7 Å². The molecule has 146 valence electrons. The van der Waals surface area contributed by atoms with Crippen molar-refractivity contribution in [3.8, 4) is 0 Å². The lowest BCUT2D eigenvalue weighted by atomic mass is 9.86. The summed E-state index contributed by atoms with van der Waals surface area (Å²) in [6.45, 7) is 10.7. The fourth-order valence-corrected chi connectivity index (χ4v) is 2.45. The second kappa shape index (κ2) is 9.03. The highest BCUT2D eigenvalue weighted by Crippen LogP contribution is 2.20. The van der Waals surface area contributed by atoms with Crippen molar-refractivity contribution in [2.75, 3.05) is 6.61 Å². The molecule has 0 aromatic heterocycles. The first-order chi connectivity index (χ1) is 11.9. The average molecular weight is 364 g/mol. The van der Waals surface area contributed by atoms with Gasteiger partial charge < -0.3 is 20.5 Å². The Bertz CT molecular complexity index is 588. The SMILES string of the molecule is CC(C)(C)OC(=O)N[C@H](C(=O)N[C@H](CO)Cc1ccccc1)C(C)(C)C. The highest BCUT2D eigenvalue weighted by atomic mass is 16.6. The number of benzene rings is 1. The molecule has 26 heavy (non-hydrogen) atoms. The van der Waals surface area contributed by atoms with Gasteiger partial charge in [0.25, 0.3) is 0 Å². The van der Waals surface area contributed by atoms with E-state index in [2.05, 4.69) is 10.6 Å². The number of nitrogens with one attached hydrogen (secondary N) is 2. The standard InChI is InChI=1S/C20H32N2O4/c1-19(2,3)16(22-18(25)26-20(4,5)6)17(24)21-15(13-23)12-14-10-8-7-9-11-14/h7-11,15-16,23H,12-13H2,1-6H3,(H,21,24)(H,22,25)/t15-,16+/m0/s1. The number of carbonyl (C=O) groups excluding carboxylic acids is 2. The number of hydrogen-bond donors (Lipinski definition) is 3. The summed E-state index contributed by atoms with van der Waals surface area (Å²) in [6.07, 6.45) is -0.136. The van der Waals surface area contributed by atoms with Crippen LogP contribution in [0, 0.1) is 5.41 Å². The monoisotopic (exact) mass is 364 g/mol. The zero-order chi connectivity index (χ0) is 20.0. The van der Waals surface area contributed by atoms with Crippen LogP contribution in [-0.4, -0.2) is 41.4 Å². The van der Waals surface area contributed by atoms with Crippen molar-refractivity contribution in [2.45, 2.75) is 65.6 Å². The van der Waals surface area contributed by atoms with Crippen molar-refractivity contribution in [3.05, 3.63) is 35.9 Å². The van der Waals surface area contributed by atoms with Gasteiger partial charge in [0.05, 0.1) is 12.6 Å². The quantitative estimate of drug-likeness (QED) is 0.724. The Kier molecular flexibility index (Phi) is 7.63. The molecule has 0 saturated heterocycles. The van der Waals surface area contributed by atoms with Crippen molar-refractivity contribution in [3.63, 3.8) is 0 Å². The van der Waals surface area contributed by atoms with E-state index in [9.17, 15) is 14.7 Å². The molecule has 2 atom stereocenters. The van der Waals surface area contributed by atoms with Crippen LogP contribution in [0.4, 0.5) is 4.79 Å². The van der Waals surface area contributed by atoms with E-state index in [1.165, 1.54) is 0 Å². The molecule has 1 aromatic carbocycles. The van der Waals surface area contributed by atoms with Crippen molar-refractivity contribution in [1.29, 1.82) is 0 Å². The van der Waals surface area contributed by atoms with E-state index < -0.39 is 29.2 Å². The van der Waals surface area contributed by atoms with Crippen LogP contribution >= 0.6 is 0 Å². The van der Waals surface area contributed by atoms with Crippen molar-refractivity contribution in [2.24, 2.45) is 5.41 Å². The maximum Gasteiger partial charge on any atom is 0.408 e. The molecular weight excluding hydrogens is 332 g/mol. The minimum Gasteiger partial charge on any atom is -0.444 e. The van der Waals surface area contributed by atoms with Crippen LogP contribution in [0.25, 0.3) is 0 Å². The van der Waals surface area contributed by atoms with Gasteiger partial charge in [0.2, 0.25) is 5.91 Å². The van der Waals surface area contributed by atoms with E-state index in [1.807, 2.05) is 51.1 Å². The van der Waals surface area contributed by atoms with Crippen LogP contribution in [0.1, 0.15) is 47.1 Å². The Labute approximate surface area is 156 Å². The molecule has 0 aliphatic heterocycles. The number of aliphatic hydroxyl groups excluding tert-OH is 1. The van der Waals surface area contributed by atoms with E-state index in [0.717, 1.165) is 5.56 Å². The molecule has 6 nitrogen and oxygen atoms in total. The van der Waals surface area contributed by atoms with Crippen LogP contribution < -0.4 is 10.6 Å². The smallest absolute Gasteiger partial charge is 0.408 e. The molecule has 0 spiro atoms. The first kappa shape index (κ1) is 22.0. The largest absolute Gasteiger partial charge is 0.444 e.